The van der Waals surface area contributed by atoms with E-state index < -0.39 is 27.1 Å². The van der Waals surface area contributed by atoms with Crippen LogP contribution in [0.5, 0.6) is 17.2 Å². The lowest BCUT2D eigenvalue weighted by atomic mass is 10.1. The lowest BCUT2D eigenvalue weighted by Crippen LogP contribution is -1.93. The molecule has 0 aliphatic heterocycles. The van der Waals surface area contributed by atoms with Crippen molar-refractivity contribution < 1.29 is 24.8 Å². The molecule has 10 heteroatoms. The van der Waals surface area contributed by atoms with Crippen LogP contribution in [0.3, 0.4) is 0 Å². The second-order valence-corrected chi connectivity index (χ2v) is 5.06. The molecule has 0 bridgehead atoms. The molecule has 3 aromatic rings. The first kappa shape index (κ1) is 15.6. The Morgan fingerprint density at radius 2 is 1.96 bits per heavy atom. The van der Waals surface area contributed by atoms with Gasteiger partial charge < -0.3 is 19.8 Å². The molecule has 0 aliphatic carbocycles. The zero-order valence-electron chi connectivity index (χ0n) is 11.7. The molecule has 0 aliphatic rings. The van der Waals surface area contributed by atoms with Crippen molar-refractivity contribution in [2.24, 2.45) is 0 Å². The molecule has 0 saturated heterocycles. The summed E-state index contributed by atoms with van der Waals surface area (Å²) in [5.41, 5.74) is -0.542. The van der Waals surface area contributed by atoms with E-state index >= 15 is 0 Å². The van der Waals surface area contributed by atoms with E-state index in [2.05, 4.69) is 10.1 Å². The van der Waals surface area contributed by atoms with E-state index in [1.54, 1.807) is 12.1 Å². The van der Waals surface area contributed by atoms with Crippen molar-refractivity contribution in [3.63, 3.8) is 0 Å². The number of benzene rings is 2. The SMILES string of the molecule is O=[N+]([O-])c1c(O)c(O)cc(-c2nc(-c3cccc(O)c3)no2)c1Cl. The van der Waals surface area contributed by atoms with Gasteiger partial charge in [-0.15, -0.1) is 0 Å². The van der Waals surface area contributed by atoms with Crippen LogP contribution >= 0.6 is 11.6 Å². The normalized spacial score (nSPS) is 10.7. The molecule has 1 aromatic heterocycles. The highest BCUT2D eigenvalue weighted by molar-refractivity contribution is 6.35. The number of nitro groups is 1. The van der Waals surface area contributed by atoms with Crippen LogP contribution < -0.4 is 0 Å². The van der Waals surface area contributed by atoms with Gasteiger partial charge in [-0.3, -0.25) is 10.1 Å². The Hall–Kier alpha value is -3.33. The first-order valence-corrected chi connectivity index (χ1v) is 6.78. The van der Waals surface area contributed by atoms with Gasteiger partial charge >= 0.3 is 5.69 Å². The molecule has 0 spiro atoms. The molecule has 0 unspecified atom stereocenters. The summed E-state index contributed by atoms with van der Waals surface area (Å²) >= 11 is 5.92. The van der Waals surface area contributed by atoms with Gasteiger partial charge in [0.2, 0.25) is 11.6 Å². The molecule has 122 valence electrons. The van der Waals surface area contributed by atoms with Gasteiger partial charge in [0.05, 0.1) is 10.5 Å². The fraction of sp³-hybridized carbons (Fsp3) is 0. The summed E-state index contributed by atoms with van der Waals surface area (Å²) < 4.78 is 5.01. The summed E-state index contributed by atoms with van der Waals surface area (Å²) in [5, 5.41) is 42.9. The summed E-state index contributed by atoms with van der Waals surface area (Å²) in [6.45, 7) is 0. The molecular formula is C14H8ClN3O6. The minimum Gasteiger partial charge on any atom is -0.508 e. The van der Waals surface area contributed by atoms with E-state index in [1.165, 1.54) is 12.1 Å². The van der Waals surface area contributed by atoms with Crippen LogP contribution in [0.2, 0.25) is 5.02 Å². The van der Waals surface area contributed by atoms with Crippen molar-refractivity contribution in [2.75, 3.05) is 0 Å². The summed E-state index contributed by atoms with van der Waals surface area (Å²) in [4.78, 5) is 14.1. The molecule has 0 fully saturated rings. The maximum Gasteiger partial charge on any atom is 0.333 e. The second-order valence-electron chi connectivity index (χ2n) is 4.69. The van der Waals surface area contributed by atoms with Crippen LogP contribution in [0.1, 0.15) is 0 Å². The van der Waals surface area contributed by atoms with Crippen molar-refractivity contribution in [3.05, 3.63) is 45.5 Å². The Morgan fingerprint density at radius 1 is 1.21 bits per heavy atom. The van der Waals surface area contributed by atoms with Gasteiger partial charge in [-0.1, -0.05) is 28.9 Å². The van der Waals surface area contributed by atoms with Gasteiger partial charge in [-0.2, -0.15) is 4.98 Å². The van der Waals surface area contributed by atoms with Crippen LogP contribution in [0.15, 0.2) is 34.9 Å². The number of halogens is 1. The van der Waals surface area contributed by atoms with Crippen molar-refractivity contribution in [3.8, 4) is 40.1 Å². The van der Waals surface area contributed by atoms with Crippen molar-refractivity contribution in [1.82, 2.24) is 10.1 Å². The highest BCUT2D eigenvalue weighted by Gasteiger charge is 2.28. The molecule has 1 heterocycles. The number of hydrogen-bond acceptors (Lipinski definition) is 8. The van der Waals surface area contributed by atoms with Crippen LogP contribution in [-0.4, -0.2) is 30.4 Å². The van der Waals surface area contributed by atoms with Crippen molar-refractivity contribution in [2.45, 2.75) is 0 Å². The van der Waals surface area contributed by atoms with Gasteiger partial charge in [-0.05, 0) is 18.2 Å². The maximum atomic E-state index is 11.0. The van der Waals surface area contributed by atoms with Gasteiger partial charge in [0.25, 0.3) is 5.89 Å². The van der Waals surface area contributed by atoms with Crippen molar-refractivity contribution >= 4 is 17.3 Å². The number of nitro benzene ring substituents is 1. The molecule has 2 aromatic carbocycles. The molecule has 3 rings (SSSR count). The van der Waals surface area contributed by atoms with Crippen LogP contribution in [0.4, 0.5) is 5.69 Å². The Bertz CT molecular complexity index is 956. The van der Waals surface area contributed by atoms with E-state index in [-0.39, 0.29) is 23.0 Å². The van der Waals surface area contributed by atoms with Crippen LogP contribution in [0.25, 0.3) is 22.8 Å². The Balaban J connectivity index is 2.13. The highest BCUT2D eigenvalue weighted by Crippen LogP contribution is 2.46. The molecule has 24 heavy (non-hydrogen) atoms. The van der Waals surface area contributed by atoms with Crippen LogP contribution in [0, 0.1) is 10.1 Å². The van der Waals surface area contributed by atoms with Gasteiger partial charge in [-0.25, -0.2) is 0 Å². The lowest BCUT2D eigenvalue weighted by Gasteiger charge is -2.04. The van der Waals surface area contributed by atoms with E-state index in [4.69, 9.17) is 16.1 Å². The summed E-state index contributed by atoms with van der Waals surface area (Å²) in [6, 6.07) is 7.03. The molecule has 0 amide bonds. The number of phenols is 3. The Kier molecular flexibility index (Phi) is 3.70. The summed E-state index contributed by atoms with van der Waals surface area (Å²) in [7, 11) is 0. The molecule has 0 atom stereocenters. The van der Waals surface area contributed by atoms with E-state index in [0.717, 1.165) is 6.07 Å². The fourth-order valence-electron chi connectivity index (χ4n) is 2.04. The standard InChI is InChI=1S/C14H8ClN3O6/c15-10-8(5-9(20)12(21)11(10)18(22)23)14-16-13(17-24-14)6-2-1-3-7(19)4-6/h1-5,19-21H. The minimum absolute atomic E-state index is 0.00482. The topological polar surface area (TPSA) is 143 Å². The number of nitrogens with zero attached hydrogens (tertiary/aromatic N) is 3. The van der Waals surface area contributed by atoms with Gasteiger partial charge in [0, 0.05) is 5.56 Å². The smallest absolute Gasteiger partial charge is 0.333 e. The number of phenolic OH excluding ortho intramolecular Hbond substituents is 3. The summed E-state index contributed by atoms with van der Waals surface area (Å²) in [5.74, 6) is -1.81. The molecule has 3 N–H and O–H groups in total. The third kappa shape index (κ3) is 2.57. The molecular weight excluding hydrogens is 342 g/mol. The largest absolute Gasteiger partial charge is 0.508 e. The fourth-order valence-corrected chi connectivity index (χ4v) is 2.33. The first-order chi connectivity index (χ1) is 11.4. The third-order valence-corrected chi connectivity index (χ3v) is 3.52. The molecule has 0 radical (unpaired) electrons. The molecule has 0 saturated carbocycles. The van der Waals surface area contributed by atoms with Gasteiger partial charge in [0.1, 0.15) is 10.8 Å². The first-order valence-electron chi connectivity index (χ1n) is 6.40. The van der Waals surface area contributed by atoms with Gasteiger partial charge in [0.15, 0.2) is 5.75 Å². The number of aromatic hydroxyl groups is 3. The lowest BCUT2D eigenvalue weighted by molar-refractivity contribution is -0.385. The maximum absolute atomic E-state index is 11.0. The van der Waals surface area contributed by atoms with E-state index in [9.17, 15) is 25.4 Å². The minimum atomic E-state index is -0.957. The molecule has 9 nitrogen and oxygen atoms in total. The Morgan fingerprint density at radius 3 is 2.62 bits per heavy atom. The third-order valence-electron chi connectivity index (χ3n) is 3.14. The predicted molar refractivity (Wildman–Crippen MR) is 81.8 cm³/mol. The van der Waals surface area contributed by atoms with E-state index in [1.807, 2.05) is 0 Å². The zero-order chi connectivity index (χ0) is 17.4. The van der Waals surface area contributed by atoms with Crippen LogP contribution in [-0.2, 0) is 0 Å². The predicted octanol–water partition coefficient (Wildman–Crippen LogP) is 3.08. The van der Waals surface area contributed by atoms with Crippen molar-refractivity contribution in [1.29, 1.82) is 0 Å². The number of hydrogen-bond donors (Lipinski definition) is 3. The number of aromatic nitrogens is 2. The summed E-state index contributed by atoms with van der Waals surface area (Å²) in [6.07, 6.45) is 0. The highest BCUT2D eigenvalue weighted by atomic mass is 35.5. The average Bonchev–Trinajstić information content (AvgIpc) is 3.00. The number of rotatable bonds is 3. The second kappa shape index (κ2) is 5.70. The zero-order valence-corrected chi connectivity index (χ0v) is 12.4. The average molecular weight is 350 g/mol. The monoisotopic (exact) mass is 349 g/mol. The quantitative estimate of drug-likeness (QED) is 0.372. The van der Waals surface area contributed by atoms with E-state index in [0.29, 0.717) is 5.56 Å². The Labute approximate surface area is 138 Å².